The normalized spacial score (nSPS) is 13.3. The molecule has 230 valence electrons. The van der Waals surface area contributed by atoms with Crippen molar-refractivity contribution in [2.75, 3.05) is 19.8 Å². The lowest BCUT2D eigenvalue weighted by Gasteiger charge is -2.33. The van der Waals surface area contributed by atoms with Crippen LogP contribution in [0.2, 0.25) is 0 Å². The monoisotopic (exact) mass is 588 g/mol. The Bertz CT molecular complexity index is 1350. The van der Waals surface area contributed by atoms with Crippen LogP contribution in [0.3, 0.4) is 0 Å². The third kappa shape index (κ3) is 9.05. The summed E-state index contributed by atoms with van der Waals surface area (Å²) in [6.07, 6.45) is -0.437. The minimum atomic E-state index is -1.15. The Balaban J connectivity index is 1.93. The number of carbonyl (C=O) groups is 3. The van der Waals surface area contributed by atoms with E-state index < -0.39 is 30.0 Å². The van der Waals surface area contributed by atoms with Crippen molar-refractivity contribution in [3.63, 3.8) is 0 Å². The maximum absolute atomic E-state index is 14.3. The third-order valence-electron chi connectivity index (χ3n) is 7.21. The lowest BCUT2D eigenvalue weighted by Crippen LogP contribution is -2.58. The maximum atomic E-state index is 14.3. The summed E-state index contributed by atoms with van der Waals surface area (Å²) < 4.78 is 5.69. The Hall–Kier alpha value is -3.89. The molecule has 0 aliphatic rings. The molecule has 9 heteroatoms. The number of rotatable bonds is 14. The number of hydrogen-bond donors (Lipinski definition) is 3. The Labute approximate surface area is 254 Å². The predicted octanol–water partition coefficient (Wildman–Crippen LogP) is 3.58. The number of nitrogens with two attached hydrogens (primary N) is 2. The summed E-state index contributed by atoms with van der Waals surface area (Å²) in [7, 11) is 0. The molecule has 0 saturated heterocycles. The molecule has 0 saturated carbocycles. The fourth-order valence-electron chi connectivity index (χ4n) is 4.70. The van der Waals surface area contributed by atoms with Gasteiger partial charge in [-0.25, -0.2) is 0 Å². The van der Waals surface area contributed by atoms with Crippen LogP contribution in [0.15, 0.2) is 78.9 Å². The Morgan fingerprint density at radius 2 is 1.49 bits per heavy atom. The van der Waals surface area contributed by atoms with Crippen molar-refractivity contribution < 1.29 is 24.2 Å². The first-order chi connectivity index (χ1) is 20.5. The van der Waals surface area contributed by atoms with Crippen LogP contribution in [0.1, 0.15) is 49.2 Å². The van der Waals surface area contributed by atoms with Crippen LogP contribution < -0.4 is 11.5 Å². The Morgan fingerprint density at radius 1 is 0.860 bits per heavy atom. The first kappa shape index (κ1) is 33.6. The number of carbonyl (C=O) groups excluding carboxylic acids is 3. The number of ether oxygens (including phenoxy) is 1. The smallest absolute Gasteiger partial charge is 0.256 e. The predicted molar refractivity (Wildman–Crippen MR) is 168 cm³/mol. The van der Waals surface area contributed by atoms with Gasteiger partial charge in [-0.05, 0) is 48.4 Å². The number of amides is 3. The van der Waals surface area contributed by atoms with E-state index >= 15 is 0 Å². The highest BCUT2D eigenvalue weighted by atomic mass is 16.5. The van der Waals surface area contributed by atoms with Gasteiger partial charge in [-0.1, -0.05) is 92.7 Å². The Morgan fingerprint density at radius 3 is 2.07 bits per heavy atom. The van der Waals surface area contributed by atoms with Crippen molar-refractivity contribution in [1.82, 2.24) is 9.80 Å². The molecule has 0 heterocycles. The molecule has 3 aromatic carbocycles. The molecule has 0 bridgehead atoms. The van der Waals surface area contributed by atoms with Gasteiger partial charge in [-0.15, -0.1) is 0 Å². The highest BCUT2D eigenvalue weighted by molar-refractivity contribution is 6.04. The van der Waals surface area contributed by atoms with E-state index in [2.05, 4.69) is 0 Å². The number of benzene rings is 3. The minimum Gasteiger partial charge on any atom is -0.393 e. The van der Waals surface area contributed by atoms with E-state index in [9.17, 15) is 19.5 Å². The second kappa shape index (κ2) is 16.1. The molecule has 3 amide bonds. The van der Waals surface area contributed by atoms with Crippen LogP contribution in [-0.2, 0) is 27.4 Å². The van der Waals surface area contributed by atoms with Crippen molar-refractivity contribution >= 4 is 17.7 Å². The lowest BCUT2D eigenvalue weighted by molar-refractivity contribution is -0.150. The average molecular weight is 589 g/mol. The highest BCUT2D eigenvalue weighted by Gasteiger charge is 2.34. The minimum absolute atomic E-state index is 0.121. The SMILES string of the molecule is CCN(CN(C(=O)C(N)COCc1ccccc1)C(=O)C(N)C(C)C)C(=O)c1c(C[C@@H](C)O)cccc1-c1ccccc1. The third-order valence-corrected chi connectivity index (χ3v) is 7.21. The molecule has 0 radical (unpaired) electrons. The van der Waals surface area contributed by atoms with Gasteiger partial charge in [0.15, 0.2) is 0 Å². The number of hydrogen-bond acceptors (Lipinski definition) is 7. The molecule has 0 aromatic heterocycles. The number of imide groups is 1. The van der Waals surface area contributed by atoms with Gasteiger partial charge >= 0.3 is 0 Å². The standard InChI is InChI=1S/C34H44N4O5/c1-5-37(33(41)30-27(19-24(4)39)17-12-18-28(30)26-15-10-7-11-16-26)22-38(34(42)31(36)23(2)3)32(40)29(35)21-43-20-25-13-8-6-9-14-25/h6-18,23-24,29,31,39H,5,19-22,35-36H2,1-4H3/t24-,29?,31?/m1/s1. The van der Waals surface area contributed by atoms with E-state index in [-0.39, 0.29) is 44.7 Å². The second-order valence-electron chi connectivity index (χ2n) is 11.0. The molecule has 2 unspecified atom stereocenters. The van der Waals surface area contributed by atoms with Crippen LogP contribution in [0.25, 0.3) is 11.1 Å². The van der Waals surface area contributed by atoms with Crippen LogP contribution in [0.5, 0.6) is 0 Å². The molecule has 0 fully saturated rings. The second-order valence-corrected chi connectivity index (χ2v) is 11.0. The van der Waals surface area contributed by atoms with E-state index in [0.29, 0.717) is 16.7 Å². The molecular weight excluding hydrogens is 544 g/mol. The zero-order valence-corrected chi connectivity index (χ0v) is 25.5. The van der Waals surface area contributed by atoms with E-state index in [1.807, 2.05) is 78.9 Å². The van der Waals surface area contributed by atoms with Crippen LogP contribution in [-0.4, -0.2) is 70.6 Å². The molecule has 3 atom stereocenters. The largest absolute Gasteiger partial charge is 0.393 e. The van der Waals surface area contributed by atoms with Gasteiger partial charge in [0.05, 0.1) is 30.9 Å². The lowest BCUT2D eigenvalue weighted by atomic mass is 9.92. The maximum Gasteiger partial charge on any atom is 0.256 e. The number of aliphatic hydroxyl groups is 1. The van der Waals surface area contributed by atoms with Gasteiger partial charge in [-0.3, -0.25) is 19.3 Å². The topological polar surface area (TPSA) is 139 Å². The van der Waals surface area contributed by atoms with E-state index in [4.69, 9.17) is 16.2 Å². The summed E-state index contributed by atoms with van der Waals surface area (Å²) in [5, 5.41) is 10.2. The molecule has 0 aliphatic heterocycles. The van der Waals surface area contributed by atoms with Crippen molar-refractivity contribution in [3.8, 4) is 11.1 Å². The van der Waals surface area contributed by atoms with Gasteiger partial charge in [0, 0.05) is 6.54 Å². The van der Waals surface area contributed by atoms with Crippen molar-refractivity contribution in [3.05, 3.63) is 95.6 Å². The quantitative estimate of drug-likeness (QED) is 0.245. The number of nitrogens with zero attached hydrogens (tertiary/aromatic N) is 2. The fraction of sp³-hybridized carbons (Fsp3) is 0.382. The first-order valence-electron chi connectivity index (χ1n) is 14.7. The molecule has 3 aromatic rings. The molecule has 0 spiro atoms. The zero-order chi connectivity index (χ0) is 31.5. The molecule has 43 heavy (non-hydrogen) atoms. The molecule has 9 nitrogen and oxygen atoms in total. The van der Waals surface area contributed by atoms with Crippen molar-refractivity contribution in [2.24, 2.45) is 17.4 Å². The summed E-state index contributed by atoms with van der Waals surface area (Å²) in [5.74, 6) is -1.93. The fourth-order valence-corrected chi connectivity index (χ4v) is 4.70. The zero-order valence-electron chi connectivity index (χ0n) is 25.5. The highest BCUT2D eigenvalue weighted by Crippen LogP contribution is 2.29. The summed E-state index contributed by atoms with van der Waals surface area (Å²) in [4.78, 5) is 43.9. The van der Waals surface area contributed by atoms with E-state index in [1.165, 1.54) is 4.90 Å². The van der Waals surface area contributed by atoms with E-state index in [0.717, 1.165) is 16.0 Å². The van der Waals surface area contributed by atoms with Gasteiger partial charge in [-0.2, -0.15) is 0 Å². The van der Waals surface area contributed by atoms with Gasteiger partial charge < -0.3 is 26.2 Å². The van der Waals surface area contributed by atoms with Crippen LogP contribution in [0, 0.1) is 5.92 Å². The summed E-state index contributed by atoms with van der Waals surface area (Å²) in [5.41, 5.74) is 16.0. The van der Waals surface area contributed by atoms with Crippen molar-refractivity contribution in [1.29, 1.82) is 0 Å². The number of aliphatic hydroxyl groups excluding tert-OH is 1. The van der Waals surface area contributed by atoms with Crippen molar-refractivity contribution in [2.45, 2.75) is 58.9 Å². The van der Waals surface area contributed by atoms with Gasteiger partial charge in [0.25, 0.3) is 5.91 Å². The first-order valence-corrected chi connectivity index (χ1v) is 14.7. The molecule has 5 N–H and O–H groups in total. The van der Waals surface area contributed by atoms with Gasteiger partial charge in [0.2, 0.25) is 11.8 Å². The summed E-state index contributed by atoms with van der Waals surface area (Å²) in [6, 6.07) is 22.3. The van der Waals surface area contributed by atoms with Crippen LogP contribution in [0.4, 0.5) is 0 Å². The van der Waals surface area contributed by atoms with Gasteiger partial charge in [0.1, 0.15) is 12.7 Å². The summed E-state index contributed by atoms with van der Waals surface area (Å²) in [6.45, 7) is 7.00. The molecular formula is C34H44N4O5. The Kier molecular flexibility index (Phi) is 12.6. The summed E-state index contributed by atoms with van der Waals surface area (Å²) >= 11 is 0. The molecule has 3 rings (SSSR count). The van der Waals surface area contributed by atoms with E-state index in [1.54, 1.807) is 27.7 Å². The average Bonchev–Trinajstić information content (AvgIpc) is 3.00. The molecule has 0 aliphatic carbocycles. The van der Waals surface area contributed by atoms with Crippen LogP contribution >= 0.6 is 0 Å².